The zero-order valence-electron chi connectivity index (χ0n) is 18.5. The van der Waals surface area contributed by atoms with E-state index in [1.807, 2.05) is 30.3 Å². The Bertz CT molecular complexity index is 795. The molecule has 1 aliphatic rings. The molecule has 2 aromatic rings. The van der Waals surface area contributed by atoms with Gasteiger partial charge in [-0.15, -0.1) is 0 Å². The number of hydrogen-bond donors (Lipinski definition) is 0. The first-order valence-electron chi connectivity index (χ1n) is 10.4. The third kappa shape index (κ3) is 5.59. The van der Waals surface area contributed by atoms with E-state index in [0.29, 0.717) is 12.4 Å². The number of nitrogens with zero attached hydrogens (tertiary/aromatic N) is 3. The van der Waals surface area contributed by atoms with Gasteiger partial charge in [-0.2, -0.15) is 0 Å². The number of methoxy groups -OCH3 is 1. The third-order valence-electron chi connectivity index (χ3n) is 5.66. The maximum atomic E-state index is 12.2. The van der Waals surface area contributed by atoms with Crippen molar-refractivity contribution < 1.29 is 14.3 Å². The summed E-state index contributed by atoms with van der Waals surface area (Å²) in [5.74, 6) is 0.0166. The zero-order chi connectivity index (χ0) is 21.5. The summed E-state index contributed by atoms with van der Waals surface area (Å²) >= 11 is 0. The van der Waals surface area contributed by atoms with Crippen molar-refractivity contribution in [1.29, 1.82) is 0 Å². The van der Waals surface area contributed by atoms with Crippen LogP contribution >= 0.6 is 0 Å². The fraction of sp³-hybridized carbons (Fsp3) is 0.458. The van der Waals surface area contributed by atoms with Gasteiger partial charge in [0.15, 0.2) is 0 Å². The number of likely N-dealkylation sites (N-methyl/N-ethyl adjacent to an activating group) is 1. The fourth-order valence-electron chi connectivity index (χ4n) is 3.91. The van der Waals surface area contributed by atoms with E-state index >= 15 is 0 Å². The van der Waals surface area contributed by atoms with Crippen LogP contribution in [0.25, 0.3) is 0 Å². The number of ether oxygens (including phenoxy) is 2. The van der Waals surface area contributed by atoms with Crippen molar-refractivity contribution in [2.75, 3.05) is 59.6 Å². The number of amides is 1. The molecule has 0 aliphatic carbocycles. The van der Waals surface area contributed by atoms with Crippen molar-refractivity contribution in [2.45, 2.75) is 18.6 Å². The van der Waals surface area contributed by atoms with Crippen LogP contribution in [-0.2, 0) is 9.47 Å². The van der Waals surface area contributed by atoms with Gasteiger partial charge < -0.3 is 19.3 Å². The van der Waals surface area contributed by atoms with Crippen LogP contribution in [0.4, 0.5) is 5.69 Å². The molecule has 162 valence electrons. The number of benzene rings is 2. The molecule has 1 aliphatic heterocycles. The van der Waals surface area contributed by atoms with Crippen molar-refractivity contribution in [3.8, 4) is 0 Å². The number of likely N-dealkylation sites (tertiary alicyclic amines) is 1. The van der Waals surface area contributed by atoms with E-state index in [1.165, 1.54) is 5.56 Å². The fourth-order valence-corrected chi connectivity index (χ4v) is 3.91. The first-order valence-corrected chi connectivity index (χ1v) is 10.4. The molecule has 1 unspecified atom stereocenters. The van der Waals surface area contributed by atoms with Gasteiger partial charge in [0.2, 0.25) is 0 Å². The summed E-state index contributed by atoms with van der Waals surface area (Å²) < 4.78 is 10.8. The van der Waals surface area contributed by atoms with Crippen LogP contribution in [0.2, 0.25) is 0 Å². The highest BCUT2D eigenvalue weighted by molar-refractivity contribution is 5.94. The second-order valence-electron chi connectivity index (χ2n) is 8.03. The smallest absolute Gasteiger partial charge is 0.253 e. The first-order chi connectivity index (χ1) is 14.5. The van der Waals surface area contributed by atoms with E-state index in [0.717, 1.165) is 31.7 Å². The Hall–Kier alpha value is -2.41. The topological polar surface area (TPSA) is 45.3 Å². The molecule has 6 heteroatoms. The average molecular weight is 412 g/mol. The molecule has 30 heavy (non-hydrogen) atoms. The second kappa shape index (κ2) is 10.6. The van der Waals surface area contributed by atoms with Gasteiger partial charge in [0, 0.05) is 59.1 Å². The number of carbonyl (C=O) groups is 1. The Labute approximate surface area is 180 Å². The van der Waals surface area contributed by atoms with Crippen LogP contribution < -0.4 is 4.90 Å². The lowest BCUT2D eigenvalue weighted by molar-refractivity contribution is -0.0671. The maximum absolute atomic E-state index is 12.2. The molecule has 0 saturated carbocycles. The van der Waals surface area contributed by atoms with E-state index in [-0.39, 0.29) is 18.1 Å². The number of carbonyl (C=O) groups excluding carboxylic acids is 1. The molecule has 1 amide bonds. The normalized spacial score (nSPS) is 17.7. The lowest BCUT2D eigenvalue weighted by Crippen LogP contribution is -2.36. The van der Waals surface area contributed by atoms with Crippen molar-refractivity contribution in [3.05, 3.63) is 65.7 Å². The monoisotopic (exact) mass is 411 g/mol. The van der Waals surface area contributed by atoms with Gasteiger partial charge in [-0.25, -0.2) is 0 Å². The minimum atomic E-state index is 0.0166. The van der Waals surface area contributed by atoms with Crippen LogP contribution in [-0.4, -0.2) is 76.5 Å². The Morgan fingerprint density at radius 3 is 2.43 bits per heavy atom. The molecule has 0 bridgehead atoms. The van der Waals surface area contributed by atoms with Gasteiger partial charge in [0.25, 0.3) is 5.91 Å². The molecule has 0 aromatic heterocycles. The van der Waals surface area contributed by atoms with E-state index in [2.05, 4.69) is 41.1 Å². The minimum Gasteiger partial charge on any atom is -0.366 e. The molecule has 2 aromatic carbocycles. The molecule has 6 nitrogen and oxygen atoms in total. The van der Waals surface area contributed by atoms with Crippen LogP contribution in [0.5, 0.6) is 0 Å². The van der Waals surface area contributed by atoms with Crippen LogP contribution in [0.15, 0.2) is 54.6 Å². The molecule has 0 radical (unpaired) electrons. The number of anilines is 1. The molecule has 1 fully saturated rings. The van der Waals surface area contributed by atoms with Gasteiger partial charge in [0.1, 0.15) is 6.79 Å². The SMILES string of the molecule is COCOC1CCN(C[C@H](c2ccccc2)N(C)c2ccc(C(=O)N(C)C)cc2)C1. The highest BCUT2D eigenvalue weighted by Crippen LogP contribution is 2.28. The Balaban J connectivity index is 1.75. The summed E-state index contributed by atoms with van der Waals surface area (Å²) in [6, 6.07) is 18.6. The highest BCUT2D eigenvalue weighted by atomic mass is 16.7. The van der Waals surface area contributed by atoms with Crippen molar-refractivity contribution >= 4 is 11.6 Å². The summed E-state index contributed by atoms with van der Waals surface area (Å²) in [4.78, 5) is 18.6. The molecule has 0 N–H and O–H groups in total. The Morgan fingerprint density at radius 2 is 1.80 bits per heavy atom. The zero-order valence-corrected chi connectivity index (χ0v) is 18.5. The van der Waals surface area contributed by atoms with E-state index in [1.54, 1.807) is 26.1 Å². The highest BCUT2D eigenvalue weighted by Gasteiger charge is 2.28. The minimum absolute atomic E-state index is 0.0166. The van der Waals surface area contributed by atoms with Crippen molar-refractivity contribution in [1.82, 2.24) is 9.80 Å². The van der Waals surface area contributed by atoms with Gasteiger partial charge in [-0.1, -0.05) is 30.3 Å². The van der Waals surface area contributed by atoms with Crippen LogP contribution in [0.1, 0.15) is 28.4 Å². The molecule has 1 heterocycles. The predicted octanol–water partition coefficient (Wildman–Crippen LogP) is 3.26. The summed E-state index contributed by atoms with van der Waals surface area (Å²) in [5, 5.41) is 0. The quantitative estimate of drug-likeness (QED) is 0.593. The molecular weight excluding hydrogens is 378 g/mol. The molecule has 0 spiro atoms. The van der Waals surface area contributed by atoms with Crippen LogP contribution in [0.3, 0.4) is 0 Å². The van der Waals surface area contributed by atoms with Crippen molar-refractivity contribution in [2.24, 2.45) is 0 Å². The molecule has 3 rings (SSSR count). The molecule has 1 saturated heterocycles. The average Bonchev–Trinajstić information content (AvgIpc) is 3.23. The predicted molar refractivity (Wildman–Crippen MR) is 120 cm³/mol. The number of rotatable bonds is 9. The van der Waals surface area contributed by atoms with Crippen LogP contribution in [0, 0.1) is 0 Å². The lowest BCUT2D eigenvalue weighted by atomic mass is 10.0. The van der Waals surface area contributed by atoms with Gasteiger partial charge >= 0.3 is 0 Å². The van der Waals surface area contributed by atoms with E-state index < -0.39 is 0 Å². The summed E-state index contributed by atoms with van der Waals surface area (Å²) in [7, 11) is 7.32. The summed E-state index contributed by atoms with van der Waals surface area (Å²) in [5.41, 5.74) is 3.06. The summed E-state index contributed by atoms with van der Waals surface area (Å²) in [6.07, 6.45) is 1.25. The van der Waals surface area contributed by atoms with E-state index in [9.17, 15) is 4.79 Å². The number of hydrogen-bond acceptors (Lipinski definition) is 5. The third-order valence-corrected chi connectivity index (χ3v) is 5.66. The first kappa shape index (κ1) is 22.3. The largest absolute Gasteiger partial charge is 0.366 e. The molecule has 2 atom stereocenters. The van der Waals surface area contributed by atoms with Gasteiger partial charge in [-0.3, -0.25) is 9.69 Å². The standard InChI is InChI=1S/C24H33N3O3/c1-25(2)24(28)20-10-12-21(13-11-20)26(3)23(19-8-6-5-7-9-19)17-27-15-14-22(16-27)30-18-29-4/h5-13,22-23H,14-18H2,1-4H3/t22?,23-/m1/s1. The Morgan fingerprint density at radius 1 is 1.10 bits per heavy atom. The lowest BCUT2D eigenvalue weighted by Gasteiger charge is -2.34. The maximum Gasteiger partial charge on any atom is 0.253 e. The molecular formula is C24H33N3O3. The second-order valence-corrected chi connectivity index (χ2v) is 8.03. The van der Waals surface area contributed by atoms with E-state index in [4.69, 9.17) is 9.47 Å². The summed E-state index contributed by atoms with van der Waals surface area (Å²) in [6.45, 7) is 3.18. The Kier molecular flexibility index (Phi) is 7.85. The van der Waals surface area contributed by atoms with Gasteiger partial charge in [0.05, 0.1) is 12.1 Å². The van der Waals surface area contributed by atoms with Gasteiger partial charge in [-0.05, 0) is 36.2 Å². The van der Waals surface area contributed by atoms with Crippen molar-refractivity contribution in [3.63, 3.8) is 0 Å².